The Hall–Kier alpha value is -0.970. The summed E-state index contributed by atoms with van der Waals surface area (Å²) >= 11 is 1.81. The molecule has 1 aliphatic heterocycles. The standard InChI is InChI=1S/C15H23N3OS/c1-11(19)18-8-6-13(7-9-18)15-17-16-14(20-15)10-12-4-2-3-5-12/h12-13H,2-10H2,1H3. The van der Waals surface area contributed by atoms with Gasteiger partial charge in [0.1, 0.15) is 10.0 Å². The number of hydrogen-bond acceptors (Lipinski definition) is 4. The summed E-state index contributed by atoms with van der Waals surface area (Å²) in [5, 5.41) is 11.2. The fourth-order valence-corrected chi connectivity index (χ4v) is 4.54. The van der Waals surface area contributed by atoms with Gasteiger partial charge in [-0.2, -0.15) is 0 Å². The van der Waals surface area contributed by atoms with Gasteiger partial charge in [-0.15, -0.1) is 21.5 Å². The SMILES string of the molecule is CC(=O)N1CCC(c2nnc(CC3CCCC3)s2)CC1. The molecule has 110 valence electrons. The lowest BCUT2D eigenvalue weighted by Crippen LogP contribution is -2.36. The molecule has 1 saturated carbocycles. The van der Waals surface area contributed by atoms with Crippen LogP contribution < -0.4 is 0 Å². The quantitative estimate of drug-likeness (QED) is 0.860. The molecule has 2 fully saturated rings. The highest BCUT2D eigenvalue weighted by molar-refractivity contribution is 7.11. The van der Waals surface area contributed by atoms with Crippen LogP contribution in [0.15, 0.2) is 0 Å². The Morgan fingerprint density at radius 1 is 1.20 bits per heavy atom. The number of amides is 1. The highest BCUT2D eigenvalue weighted by Gasteiger charge is 2.25. The highest BCUT2D eigenvalue weighted by atomic mass is 32.1. The first-order chi connectivity index (χ1) is 9.72. The molecule has 5 heteroatoms. The highest BCUT2D eigenvalue weighted by Crippen LogP contribution is 2.33. The number of carbonyl (C=O) groups excluding carboxylic acids is 1. The largest absolute Gasteiger partial charge is 0.343 e. The molecular weight excluding hydrogens is 270 g/mol. The fraction of sp³-hybridized carbons (Fsp3) is 0.800. The van der Waals surface area contributed by atoms with Gasteiger partial charge in [-0.25, -0.2) is 0 Å². The van der Waals surface area contributed by atoms with Crippen molar-refractivity contribution in [1.29, 1.82) is 0 Å². The molecule has 1 aliphatic carbocycles. The van der Waals surface area contributed by atoms with Crippen LogP contribution in [0.1, 0.15) is 61.4 Å². The lowest BCUT2D eigenvalue weighted by atomic mass is 9.98. The van der Waals surface area contributed by atoms with Crippen LogP contribution in [0.2, 0.25) is 0 Å². The Bertz CT molecular complexity index is 459. The van der Waals surface area contributed by atoms with Crippen molar-refractivity contribution in [3.8, 4) is 0 Å². The number of piperidine rings is 1. The molecule has 4 nitrogen and oxygen atoms in total. The van der Waals surface area contributed by atoms with Crippen molar-refractivity contribution >= 4 is 17.2 Å². The van der Waals surface area contributed by atoms with Crippen LogP contribution in [0, 0.1) is 5.92 Å². The van der Waals surface area contributed by atoms with Gasteiger partial charge in [0, 0.05) is 32.4 Å². The fourth-order valence-electron chi connectivity index (χ4n) is 3.42. The second-order valence-electron chi connectivity index (χ2n) is 6.17. The number of likely N-dealkylation sites (tertiary alicyclic amines) is 1. The molecule has 1 aromatic heterocycles. The van der Waals surface area contributed by atoms with Gasteiger partial charge in [0.2, 0.25) is 5.91 Å². The van der Waals surface area contributed by atoms with E-state index in [1.54, 1.807) is 6.92 Å². The summed E-state index contributed by atoms with van der Waals surface area (Å²) in [6.07, 6.45) is 8.72. The molecular formula is C15H23N3OS. The topological polar surface area (TPSA) is 46.1 Å². The van der Waals surface area contributed by atoms with Crippen LogP contribution in [0.25, 0.3) is 0 Å². The third kappa shape index (κ3) is 3.19. The average molecular weight is 293 g/mol. The summed E-state index contributed by atoms with van der Waals surface area (Å²) in [7, 11) is 0. The Kier molecular flexibility index (Phi) is 4.34. The van der Waals surface area contributed by atoms with Crippen LogP contribution in [0.4, 0.5) is 0 Å². The van der Waals surface area contributed by atoms with E-state index in [0.717, 1.165) is 38.3 Å². The van der Waals surface area contributed by atoms with Crippen molar-refractivity contribution in [2.75, 3.05) is 13.1 Å². The summed E-state index contributed by atoms with van der Waals surface area (Å²) in [6.45, 7) is 3.40. The van der Waals surface area contributed by atoms with Gasteiger partial charge in [0.25, 0.3) is 0 Å². The molecule has 1 amide bonds. The maximum atomic E-state index is 11.3. The summed E-state index contributed by atoms with van der Waals surface area (Å²) in [6, 6.07) is 0. The number of hydrogen-bond donors (Lipinski definition) is 0. The predicted molar refractivity (Wildman–Crippen MR) is 79.8 cm³/mol. The smallest absolute Gasteiger partial charge is 0.219 e. The molecule has 2 aliphatic rings. The van der Waals surface area contributed by atoms with Gasteiger partial charge >= 0.3 is 0 Å². The molecule has 0 atom stereocenters. The van der Waals surface area contributed by atoms with E-state index in [9.17, 15) is 4.79 Å². The molecule has 0 radical (unpaired) electrons. The number of rotatable bonds is 3. The lowest BCUT2D eigenvalue weighted by molar-refractivity contribution is -0.129. The molecule has 0 aromatic carbocycles. The van der Waals surface area contributed by atoms with E-state index in [0.29, 0.717) is 5.92 Å². The maximum Gasteiger partial charge on any atom is 0.219 e. The van der Waals surface area contributed by atoms with E-state index < -0.39 is 0 Å². The molecule has 2 heterocycles. The molecule has 0 spiro atoms. The number of nitrogens with zero attached hydrogens (tertiary/aromatic N) is 3. The minimum absolute atomic E-state index is 0.197. The normalized spacial score (nSPS) is 21.6. The van der Waals surface area contributed by atoms with Gasteiger partial charge in [-0.05, 0) is 18.8 Å². The van der Waals surface area contributed by atoms with Crippen molar-refractivity contribution in [3.05, 3.63) is 10.0 Å². The third-order valence-corrected chi connectivity index (χ3v) is 5.82. The Morgan fingerprint density at radius 2 is 1.90 bits per heavy atom. The lowest BCUT2D eigenvalue weighted by Gasteiger charge is -2.29. The first-order valence-corrected chi connectivity index (χ1v) is 8.62. The van der Waals surface area contributed by atoms with E-state index in [4.69, 9.17) is 0 Å². The van der Waals surface area contributed by atoms with Crippen LogP contribution in [-0.2, 0) is 11.2 Å². The molecule has 20 heavy (non-hydrogen) atoms. The van der Waals surface area contributed by atoms with Crippen LogP contribution in [0.5, 0.6) is 0 Å². The molecule has 0 N–H and O–H groups in total. The van der Waals surface area contributed by atoms with E-state index in [1.807, 2.05) is 16.2 Å². The van der Waals surface area contributed by atoms with Gasteiger partial charge in [-0.1, -0.05) is 25.7 Å². The van der Waals surface area contributed by atoms with Crippen molar-refractivity contribution < 1.29 is 4.79 Å². The van der Waals surface area contributed by atoms with Crippen LogP contribution >= 0.6 is 11.3 Å². The average Bonchev–Trinajstić information content (AvgIpc) is 3.11. The van der Waals surface area contributed by atoms with Gasteiger partial charge in [0.05, 0.1) is 0 Å². The maximum absolute atomic E-state index is 11.3. The molecule has 1 saturated heterocycles. The van der Waals surface area contributed by atoms with E-state index in [1.165, 1.54) is 35.7 Å². The van der Waals surface area contributed by atoms with Gasteiger partial charge < -0.3 is 4.90 Å². The third-order valence-electron chi connectivity index (χ3n) is 4.71. The second-order valence-corrected chi connectivity index (χ2v) is 7.26. The summed E-state index contributed by atoms with van der Waals surface area (Å²) in [4.78, 5) is 13.3. The zero-order valence-electron chi connectivity index (χ0n) is 12.2. The Morgan fingerprint density at radius 3 is 2.55 bits per heavy atom. The van der Waals surface area contributed by atoms with Crippen LogP contribution in [0.3, 0.4) is 0 Å². The first kappa shape index (κ1) is 14.0. The second kappa shape index (κ2) is 6.20. The zero-order chi connectivity index (χ0) is 13.9. The van der Waals surface area contributed by atoms with Gasteiger partial charge in [-0.3, -0.25) is 4.79 Å². The number of aromatic nitrogens is 2. The minimum Gasteiger partial charge on any atom is -0.343 e. The van der Waals surface area contributed by atoms with Crippen molar-refractivity contribution in [3.63, 3.8) is 0 Å². The summed E-state index contributed by atoms with van der Waals surface area (Å²) in [5.41, 5.74) is 0. The van der Waals surface area contributed by atoms with Gasteiger partial charge in [0.15, 0.2) is 0 Å². The molecule has 0 unspecified atom stereocenters. The van der Waals surface area contributed by atoms with Crippen molar-refractivity contribution in [2.24, 2.45) is 5.92 Å². The Balaban J connectivity index is 1.55. The molecule has 0 bridgehead atoms. The number of carbonyl (C=O) groups is 1. The van der Waals surface area contributed by atoms with E-state index in [-0.39, 0.29) is 5.91 Å². The Labute approximate surface area is 124 Å². The summed E-state index contributed by atoms with van der Waals surface area (Å²) < 4.78 is 0. The van der Waals surface area contributed by atoms with E-state index >= 15 is 0 Å². The van der Waals surface area contributed by atoms with Crippen molar-refractivity contribution in [2.45, 2.75) is 57.8 Å². The van der Waals surface area contributed by atoms with E-state index in [2.05, 4.69) is 10.2 Å². The minimum atomic E-state index is 0.197. The molecule has 3 rings (SSSR count). The van der Waals surface area contributed by atoms with Crippen LogP contribution in [-0.4, -0.2) is 34.1 Å². The first-order valence-electron chi connectivity index (χ1n) is 7.80. The monoisotopic (exact) mass is 293 g/mol. The molecule has 1 aromatic rings. The van der Waals surface area contributed by atoms with Crippen molar-refractivity contribution in [1.82, 2.24) is 15.1 Å². The summed E-state index contributed by atoms with van der Waals surface area (Å²) in [5.74, 6) is 1.55. The predicted octanol–water partition coefficient (Wildman–Crippen LogP) is 3.00. The zero-order valence-corrected chi connectivity index (χ0v) is 13.0.